The third-order valence-electron chi connectivity index (χ3n) is 3.73. The van der Waals surface area contributed by atoms with Gasteiger partial charge in [-0.15, -0.1) is 0 Å². The van der Waals surface area contributed by atoms with E-state index in [4.69, 9.17) is 0 Å². The van der Waals surface area contributed by atoms with Gasteiger partial charge in [0.2, 0.25) is 5.91 Å². The van der Waals surface area contributed by atoms with E-state index in [0.29, 0.717) is 17.9 Å². The van der Waals surface area contributed by atoms with Crippen LogP contribution >= 0.6 is 0 Å². The van der Waals surface area contributed by atoms with E-state index in [-0.39, 0.29) is 6.04 Å². The number of hydrogen-bond acceptors (Lipinski definition) is 2. The first-order valence-electron chi connectivity index (χ1n) is 7.45. The van der Waals surface area contributed by atoms with Crippen LogP contribution in [0, 0.1) is 11.8 Å². The lowest BCUT2D eigenvalue weighted by molar-refractivity contribution is -0.131. The van der Waals surface area contributed by atoms with Gasteiger partial charge in [-0.3, -0.25) is 10.1 Å². The van der Waals surface area contributed by atoms with Gasteiger partial charge in [0.1, 0.15) is 0 Å². The molecule has 1 fully saturated rings. The van der Waals surface area contributed by atoms with E-state index in [1.165, 1.54) is 12.8 Å². The summed E-state index contributed by atoms with van der Waals surface area (Å²) < 4.78 is 0. The molecule has 0 saturated carbocycles. The van der Waals surface area contributed by atoms with Crippen LogP contribution in [0.3, 0.4) is 0 Å². The maximum atomic E-state index is 12.2. The summed E-state index contributed by atoms with van der Waals surface area (Å²) in [5.41, 5.74) is 0. The van der Waals surface area contributed by atoms with Gasteiger partial charge in [0.05, 0.1) is 12.7 Å². The van der Waals surface area contributed by atoms with Crippen LogP contribution in [0.4, 0.5) is 0 Å². The molecule has 1 aliphatic rings. The van der Waals surface area contributed by atoms with Gasteiger partial charge >= 0.3 is 0 Å². The standard InChI is InChI=1S/C15H30N2O/c1-11(2)7-6-8-13(5)17-10-16-14(15(17)18)9-12(3)4/h11-14,16H,6-10H2,1-5H3. The fraction of sp³-hybridized carbons (Fsp3) is 0.933. The first kappa shape index (κ1) is 15.5. The highest BCUT2D eigenvalue weighted by Gasteiger charge is 2.33. The summed E-state index contributed by atoms with van der Waals surface area (Å²) in [6.45, 7) is 11.8. The Balaban J connectivity index is 2.36. The number of nitrogens with zero attached hydrogens (tertiary/aromatic N) is 1. The normalized spacial score (nSPS) is 22.3. The molecule has 0 aliphatic carbocycles. The van der Waals surface area contributed by atoms with E-state index < -0.39 is 0 Å². The lowest BCUT2D eigenvalue weighted by Gasteiger charge is -2.24. The molecular formula is C15H30N2O. The zero-order valence-corrected chi connectivity index (χ0v) is 12.7. The Hall–Kier alpha value is -0.570. The Morgan fingerprint density at radius 2 is 1.83 bits per heavy atom. The molecule has 2 atom stereocenters. The molecule has 0 bridgehead atoms. The number of rotatable bonds is 7. The maximum absolute atomic E-state index is 12.2. The molecule has 18 heavy (non-hydrogen) atoms. The average molecular weight is 254 g/mol. The summed E-state index contributed by atoms with van der Waals surface area (Å²) in [6.07, 6.45) is 4.56. The lowest BCUT2D eigenvalue weighted by atomic mass is 10.0. The highest BCUT2D eigenvalue weighted by atomic mass is 16.2. The van der Waals surface area contributed by atoms with Gasteiger partial charge in [-0.05, 0) is 31.6 Å². The minimum atomic E-state index is 0.0533. The largest absolute Gasteiger partial charge is 0.326 e. The zero-order valence-electron chi connectivity index (χ0n) is 12.7. The number of carbonyl (C=O) groups excluding carboxylic acids is 1. The quantitative estimate of drug-likeness (QED) is 0.757. The molecule has 0 aromatic rings. The first-order valence-corrected chi connectivity index (χ1v) is 7.45. The summed E-state index contributed by atoms with van der Waals surface area (Å²) >= 11 is 0. The van der Waals surface area contributed by atoms with Gasteiger partial charge in [-0.1, -0.05) is 40.5 Å². The Morgan fingerprint density at radius 1 is 1.17 bits per heavy atom. The second-order valence-corrected chi connectivity index (χ2v) is 6.53. The molecular weight excluding hydrogens is 224 g/mol. The topological polar surface area (TPSA) is 32.3 Å². The molecule has 1 saturated heterocycles. The second kappa shape index (κ2) is 7.13. The fourth-order valence-corrected chi connectivity index (χ4v) is 2.58. The van der Waals surface area contributed by atoms with Crippen molar-refractivity contribution >= 4 is 5.91 Å². The van der Waals surface area contributed by atoms with Crippen molar-refractivity contribution < 1.29 is 4.79 Å². The molecule has 0 aromatic carbocycles. The van der Waals surface area contributed by atoms with Crippen molar-refractivity contribution in [2.45, 2.75) is 72.4 Å². The third kappa shape index (κ3) is 4.60. The predicted molar refractivity (Wildman–Crippen MR) is 76.2 cm³/mol. The molecule has 0 aromatic heterocycles. The van der Waals surface area contributed by atoms with E-state index >= 15 is 0 Å². The molecule has 0 radical (unpaired) electrons. The molecule has 2 unspecified atom stereocenters. The van der Waals surface area contributed by atoms with Gasteiger partial charge in [0, 0.05) is 6.04 Å². The van der Waals surface area contributed by atoms with Gasteiger partial charge in [-0.2, -0.15) is 0 Å². The van der Waals surface area contributed by atoms with Crippen molar-refractivity contribution in [3.05, 3.63) is 0 Å². The summed E-state index contributed by atoms with van der Waals surface area (Å²) in [6, 6.07) is 0.429. The second-order valence-electron chi connectivity index (χ2n) is 6.53. The summed E-state index contributed by atoms with van der Waals surface area (Å²) in [5, 5.41) is 3.34. The summed E-state index contributed by atoms with van der Waals surface area (Å²) in [5.74, 6) is 1.64. The molecule has 3 heteroatoms. The Morgan fingerprint density at radius 3 is 2.39 bits per heavy atom. The van der Waals surface area contributed by atoms with Crippen molar-refractivity contribution in [1.29, 1.82) is 0 Å². The minimum Gasteiger partial charge on any atom is -0.326 e. The van der Waals surface area contributed by atoms with Crippen molar-refractivity contribution in [1.82, 2.24) is 10.2 Å². The summed E-state index contributed by atoms with van der Waals surface area (Å²) in [7, 11) is 0. The SMILES string of the molecule is CC(C)CCCC(C)N1CNC(CC(C)C)C1=O. The highest BCUT2D eigenvalue weighted by molar-refractivity contribution is 5.84. The molecule has 3 nitrogen and oxygen atoms in total. The van der Waals surface area contributed by atoms with Gasteiger partial charge in [-0.25, -0.2) is 0 Å². The Labute approximate surface area is 112 Å². The number of hydrogen-bond donors (Lipinski definition) is 1. The van der Waals surface area contributed by atoms with Crippen LogP contribution in [0.5, 0.6) is 0 Å². The van der Waals surface area contributed by atoms with Crippen LogP contribution < -0.4 is 5.32 Å². The van der Waals surface area contributed by atoms with Crippen molar-refractivity contribution in [3.63, 3.8) is 0 Å². The molecule has 0 spiro atoms. The van der Waals surface area contributed by atoms with Crippen molar-refractivity contribution in [2.24, 2.45) is 11.8 Å². The van der Waals surface area contributed by atoms with Crippen LogP contribution in [0.1, 0.15) is 60.3 Å². The fourth-order valence-electron chi connectivity index (χ4n) is 2.58. The van der Waals surface area contributed by atoms with Gasteiger partial charge in [0.25, 0.3) is 0 Å². The minimum absolute atomic E-state index is 0.0533. The molecule has 106 valence electrons. The van der Waals surface area contributed by atoms with Crippen LogP contribution in [0.25, 0.3) is 0 Å². The first-order chi connectivity index (χ1) is 8.41. The smallest absolute Gasteiger partial charge is 0.241 e. The van der Waals surface area contributed by atoms with Crippen LogP contribution in [0.15, 0.2) is 0 Å². The lowest BCUT2D eigenvalue weighted by Crippen LogP contribution is -2.37. The van der Waals surface area contributed by atoms with E-state index in [0.717, 1.165) is 25.4 Å². The molecule has 1 amide bonds. The molecule has 1 rings (SSSR count). The van der Waals surface area contributed by atoms with Crippen LogP contribution in [-0.4, -0.2) is 29.6 Å². The van der Waals surface area contributed by atoms with Crippen molar-refractivity contribution in [2.75, 3.05) is 6.67 Å². The maximum Gasteiger partial charge on any atom is 0.241 e. The zero-order chi connectivity index (χ0) is 13.7. The highest BCUT2D eigenvalue weighted by Crippen LogP contribution is 2.18. The van der Waals surface area contributed by atoms with Crippen LogP contribution in [0.2, 0.25) is 0 Å². The molecule has 1 aliphatic heterocycles. The number of carbonyl (C=O) groups is 1. The molecule has 1 N–H and O–H groups in total. The monoisotopic (exact) mass is 254 g/mol. The van der Waals surface area contributed by atoms with Crippen molar-refractivity contribution in [3.8, 4) is 0 Å². The van der Waals surface area contributed by atoms with E-state index in [1.54, 1.807) is 0 Å². The van der Waals surface area contributed by atoms with Gasteiger partial charge in [0.15, 0.2) is 0 Å². The van der Waals surface area contributed by atoms with E-state index in [1.807, 2.05) is 4.90 Å². The number of nitrogens with one attached hydrogen (secondary N) is 1. The third-order valence-corrected chi connectivity index (χ3v) is 3.73. The summed E-state index contributed by atoms with van der Waals surface area (Å²) in [4.78, 5) is 14.3. The van der Waals surface area contributed by atoms with E-state index in [2.05, 4.69) is 39.9 Å². The van der Waals surface area contributed by atoms with Gasteiger partial charge < -0.3 is 4.90 Å². The van der Waals surface area contributed by atoms with E-state index in [9.17, 15) is 4.79 Å². The molecule has 1 heterocycles. The Kier molecular flexibility index (Phi) is 6.13. The van der Waals surface area contributed by atoms with Crippen LogP contribution in [-0.2, 0) is 4.79 Å². The predicted octanol–water partition coefficient (Wildman–Crippen LogP) is 3.01. The Bertz CT molecular complexity index is 263. The number of amides is 1. The average Bonchev–Trinajstić information content (AvgIpc) is 2.59.